The van der Waals surface area contributed by atoms with Gasteiger partial charge in [0.05, 0.1) is 12.2 Å². The molecule has 0 radical (unpaired) electrons. The van der Waals surface area contributed by atoms with Gasteiger partial charge >= 0.3 is 0 Å². The van der Waals surface area contributed by atoms with Crippen LogP contribution in [0.5, 0.6) is 0 Å². The van der Waals surface area contributed by atoms with E-state index in [0.717, 1.165) is 0 Å². The maximum atomic E-state index is 9.31. The van der Waals surface area contributed by atoms with Gasteiger partial charge in [0, 0.05) is 6.54 Å². The van der Waals surface area contributed by atoms with Gasteiger partial charge in [-0.05, 0) is 6.92 Å². The van der Waals surface area contributed by atoms with Crippen molar-refractivity contribution in [1.29, 1.82) is 0 Å². The largest absolute Gasteiger partial charge is 0.388 e. The van der Waals surface area contributed by atoms with Gasteiger partial charge in [0.1, 0.15) is 18.3 Å². The lowest BCUT2D eigenvalue weighted by Crippen LogP contribution is -2.58. The van der Waals surface area contributed by atoms with E-state index in [4.69, 9.17) is 10.5 Å². The van der Waals surface area contributed by atoms with Crippen molar-refractivity contribution in [3.8, 4) is 0 Å². The molecule has 0 amide bonds. The Morgan fingerprint density at radius 3 is 2.25 bits per heavy atom. The van der Waals surface area contributed by atoms with Gasteiger partial charge < -0.3 is 25.8 Å². The van der Waals surface area contributed by atoms with Gasteiger partial charge in [0.25, 0.3) is 0 Å². The predicted molar refractivity (Wildman–Crippen MR) is 41.4 cm³/mol. The molecule has 1 aliphatic rings. The third-order valence-electron chi connectivity index (χ3n) is 2.18. The highest BCUT2D eigenvalue weighted by Gasteiger charge is 2.40. The van der Waals surface area contributed by atoms with Crippen molar-refractivity contribution in [2.45, 2.75) is 37.4 Å². The molecular formula is C7H15NO4. The van der Waals surface area contributed by atoms with Gasteiger partial charge in [-0.15, -0.1) is 0 Å². The second-order valence-electron chi connectivity index (χ2n) is 3.09. The summed E-state index contributed by atoms with van der Waals surface area (Å²) in [6, 6.07) is 0. The number of aliphatic hydroxyl groups excluding tert-OH is 3. The van der Waals surface area contributed by atoms with Gasteiger partial charge in [-0.1, -0.05) is 0 Å². The van der Waals surface area contributed by atoms with Crippen molar-refractivity contribution in [2.24, 2.45) is 5.73 Å². The first-order valence-electron chi connectivity index (χ1n) is 3.97. The second-order valence-corrected chi connectivity index (χ2v) is 3.09. The molecule has 1 aliphatic heterocycles. The number of ether oxygens (including phenoxy) is 1. The number of hydrogen-bond acceptors (Lipinski definition) is 5. The van der Waals surface area contributed by atoms with E-state index in [2.05, 4.69) is 0 Å². The molecule has 5 N–H and O–H groups in total. The molecule has 0 aromatic rings. The maximum absolute atomic E-state index is 9.31. The molecule has 0 aromatic heterocycles. The first kappa shape index (κ1) is 9.88. The topological polar surface area (TPSA) is 95.9 Å². The molecule has 0 saturated carbocycles. The minimum atomic E-state index is -1.16. The minimum Gasteiger partial charge on any atom is -0.388 e. The number of nitrogens with two attached hydrogens (primary N) is 1. The Balaban J connectivity index is 2.63. The van der Waals surface area contributed by atoms with E-state index in [-0.39, 0.29) is 6.54 Å². The molecule has 0 spiro atoms. The Morgan fingerprint density at radius 1 is 1.17 bits per heavy atom. The standard InChI is InChI=1S/C7H15NO4/c1-3-5(9)7(11)6(10)4(2-8)12-3/h3-7,9-11H,2,8H2,1H3/t3-,4?,5?,6+,7?/m0/s1. The Kier molecular flexibility index (Phi) is 3.03. The number of aliphatic hydroxyl groups is 3. The van der Waals surface area contributed by atoms with Gasteiger partial charge in [0.2, 0.25) is 0 Å². The van der Waals surface area contributed by atoms with Gasteiger partial charge in [-0.3, -0.25) is 0 Å². The Labute approximate surface area is 70.8 Å². The lowest BCUT2D eigenvalue weighted by Gasteiger charge is -2.38. The summed E-state index contributed by atoms with van der Waals surface area (Å²) in [6.07, 6.45) is -4.37. The number of hydrogen-bond donors (Lipinski definition) is 4. The summed E-state index contributed by atoms with van der Waals surface area (Å²) in [4.78, 5) is 0. The van der Waals surface area contributed by atoms with Gasteiger partial charge in [-0.25, -0.2) is 0 Å². The summed E-state index contributed by atoms with van der Waals surface area (Å²) < 4.78 is 5.15. The molecule has 0 bridgehead atoms. The summed E-state index contributed by atoms with van der Waals surface area (Å²) in [5.74, 6) is 0. The molecule has 1 fully saturated rings. The molecule has 12 heavy (non-hydrogen) atoms. The normalized spacial score (nSPS) is 49.2. The summed E-state index contributed by atoms with van der Waals surface area (Å²) in [6.45, 7) is 1.76. The average Bonchev–Trinajstić information content (AvgIpc) is 2.08. The van der Waals surface area contributed by atoms with E-state index in [9.17, 15) is 15.3 Å². The van der Waals surface area contributed by atoms with Crippen molar-refractivity contribution in [3.63, 3.8) is 0 Å². The van der Waals surface area contributed by atoms with Crippen LogP contribution in [0.1, 0.15) is 6.92 Å². The first-order valence-corrected chi connectivity index (χ1v) is 3.97. The smallest absolute Gasteiger partial charge is 0.111 e. The van der Waals surface area contributed by atoms with Gasteiger partial charge in [0.15, 0.2) is 0 Å². The lowest BCUT2D eigenvalue weighted by atomic mass is 9.96. The first-order chi connectivity index (χ1) is 5.57. The van der Waals surface area contributed by atoms with Crippen molar-refractivity contribution in [2.75, 3.05) is 6.54 Å². The van der Waals surface area contributed by atoms with Crippen LogP contribution in [0.4, 0.5) is 0 Å². The fourth-order valence-corrected chi connectivity index (χ4v) is 1.33. The van der Waals surface area contributed by atoms with Crippen LogP contribution in [0, 0.1) is 0 Å². The highest BCUT2D eigenvalue weighted by molar-refractivity contribution is 4.90. The summed E-state index contributed by atoms with van der Waals surface area (Å²) in [7, 11) is 0. The van der Waals surface area contributed by atoms with Crippen LogP contribution in [-0.4, -0.2) is 52.4 Å². The molecule has 1 saturated heterocycles. The van der Waals surface area contributed by atoms with Crippen LogP contribution in [0.15, 0.2) is 0 Å². The van der Waals surface area contributed by atoms with Crippen molar-refractivity contribution in [3.05, 3.63) is 0 Å². The summed E-state index contributed by atoms with van der Waals surface area (Å²) in [5.41, 5.74) is 5.29. The van der Waals surface area contributed by atoms with E-state index in [1.807, 2.05) is 0 Å². The van der Waals surface area contributed by atoms with Crippen LogP contribution >= 0.6 is 0 Å². The Bertz CT molecular complexity index is 150. The van der Waals surface area contributed by atoms with Crippen LogP contribution in [0.25, 0.3) is 0 Å². The average molecular weight is 177 g/mol. The minimum absolute atomic E-state index is 0.134. The zero-order valence-corrected chi connectivity index (χ0v) is 6.92. The Hall–Kier alpha value is -0.200. The molecule has 5 nitrogen and oxygen atoms in total. The molecule has 0 aromatic carbocycles. The molecule has 1 rings (SSSR count). The molecule has 5 atom stereocenters. The molecule has 1 heterocycles. The van der Waals surface area contributed by atoms with Crippen molar-refractivity contribution < 1.29 is 20.1 Å². The zero-order valence-electron chi connectivity index (χ0n) is 6.92. The molecule has 5 heteroatoms. The van der Waals surface area contributed by atoms with E-state index >= 15 is 0 Å². The maximum Gasteiger partial charge on any atom is 0.111 e. The van der Waals surface area contributed by atoms with E-state index < -0.39 is 30.5 Å². The van der Waals surface area contributed by atoms with E-state index in [1.165, 1.54) is 0 Å². The third kappa shape index (κ3) is 1.60. The van der Waals surface area contributed by atoms with Crippen LogP contribution in [-0.2, 0) is 4.74 Å². The van der Waals surface area contributed by atoms with Crippen molar-refractivity contribution >= 4 is 0 Å². The third-order valence-corrected chi connectivity index (χ3v) is 2.18. The summed E-state index contributed by atoms with van der Waals surface area (Å²) in [5, 5.41) is 27.8. The second kappa shape index (κ2) is 3.68. The fourth-order valence-electron chi connectivity index (χ4n) is 1.33. The van der Waals surface area contributed by atoms with Crippen LogP contribution < -0.4 is 5.73 Å². The monoisotopic (exact) mass is 177 g/mol. The highest BCUT2D eigenvalue weighted by atomic mass is 16.5. The molecule has 0 aliphatic carbocycles. The van der Waals surface area contributed by atoms with Gasteiger partial charge in [-0.2, -0.15) is 0 Å². The van der Waals surface area contributed by atoms with E-state index in [1.54, 1.807) is 6.92 Å². The quantitative estimate of drug-likeness (QED) is 0.365. The zero-order chi connectivity index (χ0) is 9.30. The van der Waals surface area contributed by atoms with Crippen LogP contribution in [0.3, 0.4) is 0 Å². The Morgan fingerprint density at radius 2 is 1.75 bits per heavy atom. The summed E-state index contributed by atoms with van der Waals surface area (Å²) >= 11 is 0. The molecular weight excluding hydrogens is 162 g/mol. The fraction of sp³-hybridized carbons (Fsp3) is 1.00. The predicted octanol–water partition coefficient (Wildman–Crippen LogP) is -2.18. The number of rotatable bonds is 1. The molecule has 3 unspecified atom stereocenters. The highest BCUT2D eigenvalue weighted by Crippen LogP contribution is 2.19. The molecule has 72 valence electrons. The van der Waals surface area contributed by atoms with Crippen LogP contribution in [0.2, 0.25) is 0 Å². The van der Waals surface area contributed by atoms with E-state index in [0.29, 0.717) is 0 Å². The van der Waals surface area contributed by atoms with Crippen molar-refractivity contribution in [1.82, 2.24) is 0 Å². The lowest BCUT2D eigenvalue weighted by molar-refractivity contribution is -0.213. The SMILES string of the molecule is C[C@@H]1OC(CN)[C@@H](O)C(O)C1O.